The van der Waals surface area contributed by atoms with Crippen LogP contribution in [0.25, 0.3) is 5.65 Å². The summed E-state index contributed by atoms with van der Waals surface area (Å²) < 4.78 is 30.0. The van der Waals surface area contributed by atoms with E-state index in [1.807, 2.05) is 35.0 Å². The predicted octanol–water partition coefficient (Wildman–Crippen LogP) is 2.71. The van der Waals surface area contributed by atoms with Gasteiger partial charge in [0.1, 0.15) is 28.9 Å². The minimum Gasteiger partial charge on any atom is -0.340 e. The maximum Gasteiger partial charge on any atom is 0.257 e. The van der Waals surface area contributed by atoms with Crippen LogP contribution in [0.15, 0.2) is 48.8 Å². The van der Waals surface area contributed by atoms with E-state index in [-0.39, 0.29) is 11.8 Å². The number of aromatic nitrogens is 2. The summed E-state index contributed by atoms with van der Waals surface area (Å²) in [5, 5.41) is 2.54. The number of piperazine rings is 1. The number of hydrogen-bond acceptors (Lipinski definition) is 4. The second kappa shape index (κ2) is 9.66. The second-order valence-corrected chi connectivity index (χ2v) is 8.59. The highest BCUT2D eigenvalue weighted by atomic mass is 19.1. The van der Waals surface area contributed by atoms with Gasteiger partial charge >= 0.3 is 0 Å². The average Bonchev–Trinajstić information content (AvgIpc) is 3.19. The fraction of sp³-hybridized carbons (Fsp3) is 0.375. The summed E-state index contributed by atoms with van der Waals surface area (Å²) in [4.78, 5) is 34.2. The number of carbonyl (C=O) groups excluding carboxylic acids is 2. The highest BCUT2D eigenvalue weighted by molar-refractivity contribution is 5.98. The molecule has 0 spiro atoms. The Morgan fingerprint density at radius 2 is 1.73 bits per heavy atom. The molecule has 0 bridgehead atoms. The molecular weight excluding hydrogens is 428 g/mol. The van der Waals surface area contributed by atoms with Crippen molar-refractivity contribution < 1.29 is 18.4 Å². The lowest BCUT2D eigenvalue weighted by molar-refractivity contribution is -0.136. The molecule has 1 saturated heterocycles. The van der Waals surface area contributed by atoms with E-state index < -0.39 is 29.1 Å². The molecule has 2 amide bonds. The van der Waals surface area contributed by atoms with Crippen LogP contribution in [0.2, 0.25) is 0 Å². The highest BCUT2D eigenvalue weighted by Gasteiger charge is 2.32. The van der Waals surface area contributed by atoms with Gasteiger partial charge in [-0.05, 0) is 30.2 Å². The third-order valence-electron chi connectivity index (χ3n) is 5.89. The quantitative estimate of drug-likeness (QED) is 0.621. The molecule has 9 heteroatoms. The van der Waals surface area contributed by atoms with Crippen LogP contribution >= 0.6 is 0 Å². The number of imidazole rings is 1. The lowest BCUT2D eigenvalue weighted by Crippen LogP contribution is -2.56. The fourth-order valence-electron chi connectivity index (χ4n) is 4.06. The normalized spacial score (nSPS) is 15.7. The summed E-state index contributed by atoms with van der Waals surface area (Å²) in [5.74, 6) is -3.33. The third-order valence-corrected chi connectivity index (χ3v) is 5.89. The predicted molar refractivity (Wildman–Crippen MR) is 119 cm³/mol. The van der Waals surface area contributed by atoms with E-state index in [1.54, 1.807) is 18.7 Å². The van der Waals surface area contributed by atoms with E-state index in [0.717, 1.165) is 23.5 Å². The second-order valence-electron chi connectivity index (χ2n) is 8.59. The van der Waals surface area contributed by atoms with Crippen molar-refractivity contribution in [2.75, 3.05) is 26.2 Å². The van der Waals surface area contributed by atoms with Crippen molar-refractivity contribution in [3.8, 4) is 0 Å². The maximum absolute atomic E-state index is 14.0. The number of benzene rings is 1. The number of carbonyl (C=O) groups is 2. The molecule has 1 aromatic carbocycles. The number of fused-ring (bicyclic) bond motifs is 1. The summed E-state index contributed by atoms with van der Waals surface area (Å²) in [5.41, 5.74) is 1.18. The summed E-state index contributed by atoms with van der Waals surface area (Å²) in [6.45, 7) is 6.60. The molecule has 1 aliphatic heterocycles. The van der Waals surface area contributed by atoms with Crippen LogP contribution in [0.3, 0.4) is 0 Å². The van der Waals surface area contributed by atoms with E-state index in [1.165, 1.54) is 6.07 Å². The summed E-state index contributed by atoms with van der Waals surface area (Å²) in [7, 11) is 0. The van der Waals surface area contributed by atoms with Crippen LogP contribution in [0.5, 0.6) is 0 Å². The molecule has 174 valence electrons. The standard InChI is InChI=1S/C24H27F2N5O2/c1-16(2)22(28-23(32)21-18(25)6-5-7-19(21)26)24(33)30-12-10-29(11-13-30)14-17-15-31-9-4-3-8-20(31)27-17/h3-9,15-16,22H,10-14H2,1-2H3,(H,28,32). The smallest absolute Gasteiger partial charge is 0.257 e. The molecule has 1 atom stereocenters. The van der Waals surface area contributed by atoms with E-state index in [4.69, 9.17) is 0 Å². The molecule has 4 rings (SSSR count). The van der Waals surface area contributed by atoms with E-state index in [9.17, 15) is 18.4 Å². The Kier molecular flexibility index (Phi) is 6.69. The van der Waals surface area contributed by atoms with Gasteiger partial charge in [0.25, 0.3) is 5.91 Å². The number of nitrogens with zero attached hydrogens (tertiary/aromatic N) is 4. The van der Waals surface area contributed by atoms with Gasteiger partial charge in [0.15, 0.2) is 0 Å². The van der Waals surface area contributed by atoms with E-state index in [2.05, 4.69) is 15.2 Å². The van der Waals surface area contributed by atoms with Gasteiger partial charge < -0.3 is 14.6 Å². The number of nitrogens with one attached hydrogen (secondary N) is 1. The van der Waals surface area contributed by atoms with Crippen LogP contribution in [0.4, 0.5) is 8.78 Å². The van der Waals surface area contributed by atoms with Gasteiger partial charge in [0.2, 0.25) is 5.91 Å². The van der Waals surface area contributed by atoms with Crippen molar-refractivity contribution in [1.29, 1.82) is 0 Å². The lowest BCUT2D eigenvalue weighted by Gasteiger charge is -2.37. The molecule has 3 heterocycles. The molecule has 2 aromatic heterocycles. The van der Waals surface area contributed by atoms with Crippen molar-refractivity contribution in [3.63, 3.8) is 0 Å². The van der Waals surface area contributed by atoms with Crippen LogP contribution in [-0.4, -0.2) is 63.2 Å². The van der Waals surface area contributed by atoms with Crippen LogP contribution < -0.4 is 5.32 Å². The van der Waals surface area contributed by atoms with E-state index >= 15 is 0 Å². The lowest BCUT2D eigenvalue weighted by atomic mass is 10.0. The first-order chi connectivity index (χ1) is 15.8. The number of amides is 2. The number of pyridine rings is 1. The number of halogens is 2. The molecule has 1 N–H and O–H groups in total. The maximum atomic E-state index is 14.0. The molecule has 0 aliphatic carbocycles. The van der Waals surface area contributed by atoms with Gasteiger partial charge in [0.05, 0.1) is 5.69 Å². The Morgan fingerprint density at radius 1 is 1.03 bits per heavy atom. The Labute approximate surface area is 191 Å². The zero-order valence-corrected chi connectivity index (χ0v) is 18.7. The molecule has 3 aromatic rings. The molecule has 1 aliphatic rings. The van der Waals surface area contributed by atoms with Crippen LogP contribution in [0, 0.1) is 17.6 Å². The van der Waals surface area contributed by atoms with Crippen LogP contribution in [0.1, 0.15) is 29.9 Å². The van der Waals surface area contributed by atoms with Gasteiger partial charge in [0, 0.05) is 45.1 Å². The first-order valence-electron chi connectivity index (χ1n) is 11.0. The van der Waals surface area contributed by atoms with E-state index in [0.29, 0.717) is 32.7 Å². The zero-order valence-electron chi connectivity index (χ0n) is 18.7. The van der Waals surface area contributed by atoms with Gasteiger partial charge in [-0.2, -0.15) is 0 Å². The number of hydrogen-bond donors (Lipinski definition) is 1. The summed E-state index contributed by atoms with van der Waals surface area (Å²) in [6, 6.07) is 8.21. The van der Waals surface area contributed by atoms with Crippen molar-refractivity contribution in [1.82, 2.24) is 24.5 Å². The van der Waals surface area contributed by atoms with Crippen molar-refractivity contribution >= 4 is 17.5 Å². The van der Waals surface area contributed by atoms with Gasteiger partial charge in [-0.3, -0.25) is 14.5 Å². The first kappa shape index (κ1) is 22.8. The van der Waals surface area contributed by atoms with Crippen molar-refractivity contribution in [3.05, 3.63) is 71.7 Å². The SMILES string of the molecule is CC(C)C(NC(=O)c1c(F)cccc1F)C(=O)N1CCN(Cc2cn3ccccc3n2)CC1. The van der Waals surface area contributed by atoms with Crippen LogP contribution in [-0.2, 0) is 11.3 Å². The van der Waals surface area contributed by atoms with Gasteiger partial charge in [-0.1, -0.05) is 26.0 Å². The third kappa shape index (κ3) is 5.03. The Hall–Kier alpha value is -3.33. The largest absolute Gasteiger partial charge is 0.340 e. The van der Waals surface area contributed by atoms with Gasteiger partial charge in [-0.25, -0.2) is 13.8 Å². The fourth-order valence-corrected chi connectivity index (χ4v) is 4.06. The first-order valence-corrected chi connectivity index (χ1v) is 11.0. The topological polar surface area (TPSA) is 70.0 Å². The monoisotopic (exact) mass is 455 g/mol. The molecule has 7 nitrogen and oxygen atoms in total. The Morgan fingerprint density at radius 3 is 2.36 bits per heavy atom. The highest BCUT2D eigenvalue weighted by Crippen LogP contribution is 2.16. The van der Waals surface area contributed by atoms with Gasteiger partial charge in [-0.15, -0.1) is 0 Å². The molecule has 1 unspecified atom stereocenters. The minimum absolute atomic E-state index is 0.243. The Balaban J connectivity index is 1.37. The zero-order chi connectivity index (χ0) is 23.5. The molecule has 0 saturated carbocycles. The van der Waals surface area contributed by atoms with Crippen molar-refractivity contribution in [2.45, 2.75) is 26.4 Å². The summed E-state index contributed by atoms with van der Waals surface area (Å²) in [6.07, 6.45) is 3.95. The number of rotatable bonds is 6. The molecular formula is C24H27F2N5O2. The van der Waals surface area contributed by atoms with Crippen molar-refractivity contribution in [2.24, 2.45) is 5.92 Å². The minimum atomic E-state index is -0.956. The summed E-state index contributed by atoms with van der Waals surface area (Å²) >= 11 is 0. The molecule has 0 radical (unpaired) electrons. The molecule has 1 fully saturated rings. The Bertz CT molecular complexity index is 1100. The average molecular weight is 456 g/mol. The molecule has 33 heavy (non-hydrogen) atoms.